The average molecular weight is 322 g/mol. The van der Waals surface area contributed by atoms with Crippen molar-refractivity contribution < 1.29 is 14.6 Å². The van der Waals surface area contributed by atoms with Gasteiger partial charge >= 0.3 is 0 Å². The molecule has 6 nitrogen and oxygen atoms in total. The van der Waals surface area contributed by atoms with Gasteiger partial charge in [0.05, 0.1) is 33.2 Å². The molecule has 0 saturated heterocycles. The average Bonchev–Trinajstić information content (AvgIpc) is 2.53. The third-order valence-electron chi connectivity index (χ3n) is 3.71. The first-order valence-electron chi connectivity index (χ1n) is 6.78. The Bertz CT molecular complexity index is 696. The van der Waals surface area contributed by atoms with Crippen LogP contribution in [-0.2, 0) is 6.54 Å². The van der Waals surface area contributed by atoms with Crippen LogP contribution in [0.2, 0.25) is 5.15 Å². The Kier molecular flexibility index (Phi) is 4.04. The van der Waals surface area contributed by atoms with Crippen molar-refractivity contribution in [2.75, 3.05) is 25.7 Å². The predicted molar refractivity (Wildman–Crippen MR) is 82.6 cm³/mol. The van der Waals surface area contributed by atoms with Crippen LogP contribution in [0.3, 0.4) is 0 Å². The molecule has 0 bridgehead atoms. The molecule has 7 heteroatoms. The second-order valence-electron chi connectivity index (χ2n) is 4.96. The number of anilines is 1. The lowest BCUT2D eigenvalue weighted by atomic mass is 9.95. The first-order chi connectivity index (χ1) is 10.6. The van der Waals surface area contributed by atoms with Gasteiger partial charge in [-0.3, -0.25) is 4.98 Å². The molecule has 1 unspecified atom stereocenters. The van der Waals surface area contributed by atoms with Gasteiger partial charge in [0.15, 0.2) is 0 Å². The van der Waals surface area contributed by atoms with Gasteiger partial charge in [0.2, 0.25) is 0 Å². The summed E-state index contributed by atoms with van der Waals surface area (Å²) in [7, 11) is 3.19. The molecule has 116 valence electrons. The zero-order valence-corrected chi connectivity index (χ0v) is 13.0. The second-order valence-corrected chi connectivity index (χ2v) is 5.35. The van der Waals surface area contributed by atoms with Crippen molar-refractivity contribution in [1.29, 1.82) is 0 Å². The third kappa shape index (κ3) is 2.55. The number of rotatable bonds is 3. The molecule has 2 heterocycles. The minimum Gasteiger partial charge on any atom is -0.496 e. The van der Waals surface area contributed by atoms with E-state index in [2.05, 4.69) is 9.97 Å². The van der Waals surface area contributed by atoms with Gasteiger partial charge in [-0.25, -0.2) is 4.98 Å². The Hall–Kier alpha value is -2.05. The summed E-state index contributed by atoms with van der Waals surface area (Å²) in [5.41, 5.74) is 1.63. The number of hydrogen-bond acceptors (Lipinski definition) is 6. The van der Waals surface area contributed by atoms with Crippen molar-refractivity contribution >= 4 is 17.4 Å². The van der Waals surface area contributed by atoms with Gasteiger partial charge < -0.3 is 19.5 Å². The van der Waals surface area contributed by atoms with E-state index in [-0.39, 0.29) is 0 Å². The summed E-state index contributed by atoms with van der Waals surface area (Å²) in [5.74, 6) is 1.97. The lowest BCUT2D eigenvalue weighted by Crippen LogP contribution is -2.34. The molecule has 1 aromatic carbocycles. The normalized spacial score (nSPS) is 17.1. The summed E-state index contributed by atoms with van der Waals surface area (Å²) in [4.78, 5) is 10.2. The van der Waals surface area contributed by atoms with Crippen LogP contribution in [-0.4, -0.2) is 35.8 Å². The molecule has 1 aliphatic rings. The number of aliphatic hydroxyl groups is 1. The predicted octanol–water partition coefficient (Wildman–Crippen LogP) is 2.20. The largest absolute Gasteiger partial charge is 0.496 e. The summed E-state index contributed by atoms with van der Waals surface area (Å²) in [6.45, 7) is 0.910. The van der Waals surface area contributed by atoms with Crippen molar-refractivity contribution in [2.24, 2.45) is 0 Å². The highest BCUT2D eigenvalue weighted by Crippen LogP contribution is 2.40. The van der Waals surface area contributed by atoms with Gasteiger partial charge in [-0.05, 0) is 12.1 Å². The molecular weight excluding hydrogens is 306 g/mol. The summed E-state index contributed by atoms with van der Waals surface area (Å²) in [5, 5.41) is 10.9. The number of aromatic nitrogens is 2. The van der Waals surface area contributed by atoms with Gasteiger partial charge in [0.25, 0.3) is 0 Å². The molecule has 0 aliphatic carbocycles. The van der Waals surface area contributed by atoms with Crippen molar-refractivity contribution in [3.63, 3.8) is 0 Å². The molecule has 0 spiro atoms. The Morgan fingerprint density at radius 1 is 1.23 bits per heavy atom. The fraction of sp³-hybridized carbons (Fsp3) is 0.333. The van der Waals surface area contributed by atoms with Crippen LogP contribution in [0, 0.1) is 0 Å². The smallest absolute Gasteiger partial charge is 0.149 e. The van der Waals surface area contributed by atoms with Gasteiger partial charge in [-0.15, -0.1) is 0 Å². The van der Waals surface area contributed by atoms with E-state index in [9.17, 15) is 5.11 Å². The van der Waals surface area contributed by atoms with Crippen LogP contribution in [0.5, 0.6) is 11.5 Å². The number of β-amino-alcohol motifs (C(OH)–C–C–N with tert-alkyl or cyclic N) is 1. The summed E-state index contributed by atoms with van der Waals surface area (Å²) >= 11 is 5.90. The number of halogens is 1. The zero-order valence-electron chi connectivity index (χ0n) is 12.3. The van der Waals surface area contributed by atoms with Crippen molar-refractivity contribution in [2.45, 2.75) is 12.6 Å². The SMILES string of the molecule is COc1ccc(OC)c2c1CN(c1cncc(Cl)n1)CC2O. The molecule has 1 aliphatic heterocycles. The topological polar surface area (TPSA) is 67.7 Å². The quantitative estimate of drug-likeness (QED) is 0.934. The molecule has 1 N–H and O–H groups in total. The molecule has 1 atom stereocenters. The maximum atomic E-state index is 10.5. The van der Waals surface area contributed by atoms with E-state index < -0.39 is 6.10 Å². The highest BCUT2D eigenvalue weighted by atomic mass is 35.5. The number of benzene rings is 1. The van der Waals surface area contributed by atoms with Gasteiger partial charge in [-0.1, -0.05) is 11.6 Å². The van der Waals surface area contributed by atoms with E-state index in [1.807, 2.05) is 11.0 Å². The van der Waals surface area contributed by atoms with Crippen LogP contribution in [0.15, 0.2) is 24.5 Å². The third-order valence-corrected chi connectivity index (χ3v) is 3.89. The number of nitrogens with zero attached hydrogens (tertiary/aromatic N) is 3. The number of fused-ring (bicyclic) bond motifs is 1. The molecule has 2 aromatic rings. The van der Waals surface area contributed by atoms with Crippen molar-refractivity contribution in [3.8, 4) is 11.5 Å². The highest BCUT2D eigenvalue weighted by Gasteiger charge is 2.30. The first-order valence-corrected chi connectivity index (χ1v) is 7.16. The van der Waals surface area contributed by atoms with Crippen LogP contribution in [0.25, 0.3) is 0 Å². The van der Waals surface area contributed by atoms with Crippen LogP contribution >= 0.6 is 11.6 Å². The second kappa shape index (κ2) is 5.98. The number of ether oxygens (including phenoxy) is 2. The monoisotopic (exact) mass is 321 g/mol. The van der Waals surface area contributed by atoms with E-state index in [0.717, 1.165) is 11.1 Å². The Balaban J connectivity index is 2.04. The van der Waals surface area contributed by atoms with E-state index in [4.69, 9.17) is 21.1 Å². The number of methoxy groups -OCH3 is 2. The van der Waals surface area contributed by atoms with E-state index in [1.165, 1.54) is 6.20 Å². The highest BCUT2D eigenvalue weighted by molar-refractivity contribution is 6.29. The number of hydrogen-bond donors (Lipinski definition) is 1. The van der Waals surface area contributed by atoms with Gasteiger partial charge in [0, 0.05) is 17.7 Å². The molecule has 0 fully saturated rings. The molecular formula is C15H16ClN3O3. The summed E-state index contributed by atoms with van der Waals surface area (Å²) in [6, 6.07) is 3.63. The first kappa shape index (κ1) is 14.9. The Morgan fingerprint density at radius 2 is 1.95 bits per heavy atom. The summed E-state index contributed by atoms with van der Waals surface area (Å²) in [6.07, 6.45) is 2.38. The maximum absolute atomic E-state index is 10.5. The minimum atomic E-state index is -0.713. The minimum absolute atomic E-state index is 0.315. The molecule has 3 rings (SSSR count). The number of aliphatic hydroxyl groups excluding tert-OH is 1. The molecule has 22 heavy (non-hydrogen) atoms. The van der Waals surface area contributed by atoms with Crippen LogP contribution in [0.1, 0.15) is 17.2 Å². The standard InChI is InChI=1S/C15H16ClN3O3/c1-21-11-3-4-12(22-2)15-9(11)7-19(8-10(15)20)14-6-17-5-13(16)18-14/h3-6,10,20H,7-8H2,1-2H3. The zero-order chi connectivity index (χ0) is 15.7. The summed E-state index contributed by atoms with van der Waals surface area (Å²) < 4.78 is 10.8. The van der Waals surface area contributed by atoms with Crippen LogP contribution < -0.4 is 14.4 Å². The van der Waals surface area contributed by atoms with E-state index in [1.54, 1.807) is 26.5 Å². The van der Waals surface area contributed by atoms with Crippen molar-refractivity contribution in [3.05, 3.63) is 40.8 Å². The fourth-order valence-electron chi connectivity index (χ4n) is 2.74. The van der Waals surface area contributed by atoms with Gasteiger partial charge in [-0.2, -0.15) is 0 Å². The molecule has 1 aromatic heterocycles. The van der Waals surface area contributed by atoms with Gasteiger partial charge in [0.1, 0.15) is 28.6 Å². The maximum Gasteiger partial charge on any atom is 0.149 e. The molecule has 0 radical (unpaired) electrons. The lowest BCUT2D eigenvalue weighted by Gasteiger charge is -2.34. The Morgan fingerprint density at radius 3 is 2.64 bits per heavy atom. The molecule has 0 saturated carbocycles. The molecule has 0 amide bonds. The fourth-order valence-corrected chi connectivity index (χ4v) is 2.88. The van der Waals surface area contributed by atoms with Crippen LogP contribution in [0.4, 0.5) is 5.82 Å². The lowest BCUT2D eigenvalue weighted by molar-refractivity contribution is 0.169. The van der Waals surface area contributed by atoms with Crippen molar-refractivity contribution in [1.82, 2.24) is 9.97 Å². The Labute approximate surface area is 133 Å². The van der Waals surface area contributed by atoms with E-state index >= 15 is 0 Å². The van der Waals surface area contributed by atoms with E-state index in [0.29, 0.717) is 35.6 Å².